The van der Waals surface area contributed by atoms with Crippen molar-refractivity contribution >= 4 is 11.6 Å². The van der Waals surface area contributed by atoms with E-state index in [1.807, 2.05) is 36.4 Å². The maximum Gasteiger partial charge on any atom is 0.254 e. The Morgan fingerprint density at radius 1 is 1.09 bits per heavy atom. The molecule has 1 aromatic carbocycles. The number of nitrogens with zero attached hydrogens (tertiary/aromatic N) is 4. The average Bonchev–Trinajstić information content (AvgIpc) is 3.00. The number of fused-ring (bicyclic) bond motifs is 1. The van der Waals surface area contributed by atoms with Gasteiger partial charge >= 0.3 is 0 Å². The van der Waals surface area contributed by atoms with Crippen molar-refractivity contribution in [1.29, 1.82) is 0 Å². The smallest absolute Gasteiger partial charge is 0.254 e. The van der Waals surface area contributed by atoms with Gasteiger partial charge in [0.2, 0.25) is 0 Å². The van der Waals surface area contributed by atoms with Crippen LogP contribution in [0, 0.1) is 0 Å². The molecule has 3 aromatic rings. The highest BCUT2D eigenvalue weighted by atomic mass is 15.4. The van der Waals surface area contributed by atoms with Crippen molar-refractivity contribution in [2.45, 2.75) is 26.3 Å². The highest BCUT2D eigenvalue weighted by molar-refractivity contribution is 5.65. The van der Waals surface area contributed by atoms with Crippen LogP contribution in [0.4, 0.5) is 5.82 Å². The number of nitrogens with one attached hydrogen (secondary N) is 2. The van der Waals surface area contributed by atoms with Gasteiger partial charge in [-0.25, -0.2) is 4.98 Å². The molecule has 0 bridgehead atoms. The maximum absolute atomic E-state index is 4.57. The number of rotatable bonds is 5. The van der Waals surface area contributed by atoms with Gasteiger partial charge in [-0.15, -0.1) is 0 Å². The molecule has 0 aliphatic heterocycles. The monoisotopic (exact) mass is 310 g/mol. The number of aromatic nitrogens is 4. The maximum atomic E-state index is 4.57. The summed E-state index contributed by atoms with van der Waals surface area (Å²) in [5.41, 5.74) is 2.06. The quantitative estimate of drug-likeness (QED) is 0.709. The first-order chi connectivity index (χ1) is 11.0. The lowest BCUT2D eigenvalue weighted by molar-refractivity contribution is 0.435. The fraction of sp³-hybridized carbons (Fsp3) is 0.353. The molecule has 0 aliphatic rings. The largest absolute Gasteiger partial charge is 0.369 e. The van der Waals surface area contributed by atoms with Gasteiger partial charge in [0.25, 0.3) is 5.78 Å². The van der Waals surface area contributed by atoms with Crippen molar-refractivity contribution in [3.05, 3.63) is 42.7 Å². The lowest BCUT2D eigenvalue weighted by Crippen LogP contribution is -2.38. The fourth-order valence-corrected chi connectivity index (χ4v) is 2.32. The van der Waals surface area contributed by atoms with E-state index in [1.54, 1.807) is 4.52 Å². The summed E-state index contributed by atoms with van der Waals surface area (Å²) in [5.74, 6) is 1.49. The number of hydrogen-bond acceptors (Lipinski definition) is 5. The summed E-state index contributed by atoms with van der Waals surface area (Å²) in [5, 5.41) is 11.1. The van der Waals surface area contributed by atoms with E-state index < -0.39 is 0 Å². The molecule has 6 heteroatoms. The van der Waals surface area contributed by atoms with E-state index in [2.05, 4.69) is 46.5 Å². The van der Waals surface area contributed by atoms with Gasteiger partial charge in [0.05, 0.1) is 5.69 Å². The van der Waals surface area contributed by atoms with Crippen LogP contribution in [0.5, 0.6) is 0 Å². The van der Waals surface area contributed by atoms with E-state index in [1.165, 1.54) is 6.33 Å². The Balaban J connectivity index is 1.83. The third kappa shape index (κ3) is 3.84. The summed E-state index contributed by atoms with van der Waals surface area (Å²) in [6.45, 7) is 8.13. The van der Waals surface area contributed by atoms with Crippen molar-refractivity contribution in [3.63, 3.8) is 0 Å². The molecule has 0 saturated heterocycles. The van der Waals surface area contributed by atoms with E-state index in [9.17, 15) is 0 Å². The summed E-state index contributed by atoms with van der Waals surface area (Å²) in [6.07, 6.45) is 1.52. The molecule has 0 amide bonds. The Morgan fingerprint density at radius 2 is 1.87 bits per heavy atom. The van der Waals surface area contributed by atoms with Crippen molar-refractivity contribution in [3.8, 4) is 11.3 Å². The molecule has 0 radical (unpaired) electrons. The molecule has 0 fully saturated rings. The third-order valence-electron chi connectivity index (χ3n) is 3.41. The molecule has 0 unspecified atom stereocenters. The van der Waals surface area contributed by atoms with Crippen LogP contribution in [-0.2, 0) is 0 Å². The van der Waals surface area contributed by atoms with Crippen LogP contribution in [0.1, 0.15) is 20.8 Å². The van der Waals surface area contributed by atoms with Crippen LogP contribution in [-0.4, -0.2) is 38.2 Å². The van der Waals surface area contributed by atoms with Crippen LogP contribution in [0.2, 0.25) is 0 Å². The lowest BCUT2D eigenvalue weighted by Gasteiger charge is -2.20. The SMILES string of the molecule is CC(C)(C)NCCNc1cc(-c2ccccc2)nc2ncnn12. The summed E-state index contributed by atoms with van der Waals surface area (Å²) >= 11 is 0. The Labute approximate surface area is 136 Å². The van der Waals surface area contributed by atoms with E-state index in [0.29, 0.717) is 5.78 Å². The van der Waals surface area contributed by atoms with Crippen LogP contribution in [0.3, 0.4) is 0 Å². The molecule has 0 spiro atoms. The van der Waals surface area contributed by atoms with Gasteiger partial charge in [-0.2, -0.15) is 14.6 Å². The molecule has 0 atom stereocenters. The minimum atomic E-state index is 0.109. The number of anilines is 1. The van der Waals surface area contributed by atoms with E-state index in [0.717, 1.165) is 30.2 Å². The van der Waals surface area contributed by atoms with Crippen molar-refractivity contribution in [2.75, 3.05) is 18.4 Å². The molecular formula is C17H22N6. The minimum Gasteiger partial charge on any atom is -0.369 e. The second-order valence-corrected chi connectivity index (χ2v) is 6.47. The molecule has 120 valence electrons. The lowest BCUT2D eigenvalue weighted by atomic mass is 10.1. The molecule has 2 heterocycles. The van der Waals surface area contributed by atoms with Gasteiger partial charge in [0.1, 0.15) is 12.1 Å². The third-order valence-corrected chi connectivity index (χ3v) is 3.41. The fourth-order valence-electron chi connectivity index (χ4n) is 2.32. The second kappa shape index (κ2) is 6.34. The predicted molar refractivity (Wildman–Crippen MR) is 92.5 cm³/mol. The average molecular weight is 310 g/mol. The predicted octanol–water partition coefficient (Wildman–Crippen LogP) is 2.59. The summed E-state index contributed by atoms with van der Waals surface area (Å²) in [6, 6.07) is 12.1. The van der Waals surface area contributed by atoms with Gasteiger partial charge in [-0.05, 0) is 20.8 Å². The molecular weight excluding hydrogens is 288 g/mol. The van der Waals surface area contributed by atoms with Gasteiger partial charge in [0, 0.05) is 30.3 Å². The van der Waals surface area contributed by atoms with Crippen molar-refractivity contribution < 1.29 is 0 Å². The molecule has 0 saturated carbocycles. The molecule has 2 aromatic heterocycles. The normalized spacial score (nSPS) is 11.8. The highest BCUT2D eigenvalue weighted by Gasteiger charge is 2.10. The number of benzene rings is 1. The van der Waals surface area contributed by atoms with Gasteiger partial charge < -0.3 is 10.6 Å². The van der Waals surface area contributed by atoms with Gasteiger partial charge in [-0.3, -0.25) is 0 Å². The standard InChI is InChI=1S/C17H22N6/c1-17(2,3)20-10-9-18-15-11-14(13-7-5-4-6-8-13)22-16-19-12-21-23(15)16/h4-8,11-12,18,20H,9-10H2,1-3H3. The van der Waals surface area contributed by atoms with Crippen molar-refractivity contribution in [2.24, 2.45) is 0 Å². The van der Waals surface area contributed by atoms with Crippen LogP contribution in [0.25, 0.3) is 17.0 Å². The van der Waals surface area contributed by atoms with Gasteiger partial charge in [-0.1, -0.05) is 30.3 Å². The van der Waals surface area contributed by atoms with E-state index >= 15 is 0 Å². The number of hydrogen-bond donors (Lipinski definition) is 2. The highest BCUT2D eigenvalue weighted by Crippen LogP contribution is 2.20. The molecule has 3 rings (SSSR count). The first kappa shape index (κ1) is 15.4. The Kier molecular flexibility index (Phi) is 4.25. The summed E-state index contributed by atoms with van der Waals surface area (Å²) in [7, 11) is 0. The zero-order chi connectivity index (χ0) is 16.3. The van der Waals surface area contributed by atoms with Crippen LogP contribution in [0.15, 0.2) is 42.7 Å². The molecule has 23 heavy (non-hydrogen) atoms. The van der Waals surface area contributed by atoms with E-state index in [-0.39, 0.29) is 5.54 Å². The topological polar surface area (TPSA) is 67.1 Å². The minimum absolute atomic E-state index is 0.109. The molecule has 6 nitrogen and oxygen atoms in total. The second-order valence-electron chi connectivity index (χ2n) is 6.47. The molecule has 2 N–H and O–H groups in total. The zero-order valence-corrected chi connectivity index (χ0v) is 13.7. The van der Waals surface area contributed by atoms with E-state index in [4.69, 9.17) is 0 Å². The van der Waals surface area contributed by atoms with Crippen LogP contribution < -0.4 is 10.6 Å². The first-order valence-electron chi connectivity index (χ1n) is 7.78. The summed E-state index contributed by atoms with van der Waals surface area (Å²) in [4.78, 5) is 8.79. The first-order valence-corrected chi connectivity index (χ1v) is 7.78. The Morgan fingerprint density at radius 3 is 2.61 bits per heavy atom. The Hall–Kier alpha value is -2.47. The van der Waals surface area contributed by atoms with Crippen molar-refractivity contribution in [1.82, 2.24) is 24.9 Å². The molecule has 0 aliphatic carbocycles. The van der Waals surface area contributed by atoms with Gasteiger partial charge in [0.15, 0.2) is 0 Å². The Bertz CT molecular complexity index is 773. The zero-order valence-electron chi connectivity index (χ0n) is 13.7. The summed E-state index contributed by atoms with van der Waals surface area (Å²) < 4.78 is 1.73. The van der Waals surface area contributed by atoms with Crippen LogP contribution >= 0.6 is 0 Å².